The Bertz CT molecular complexity index is 223. The molecule has 0 aliphatic heterocycles. The van der Waals surface area contributed by atoms with Gasteiger partial charge >= 0.3 is 11.9 Å². The molecule has 0 fully saturated rings. The number of amides is 1. The molecule has 0 aromatic carbocycles. The number of hydrogen-bond donors (Lipinski definition) is 1. The van der Waals surface area contributed by atoms with E-state index in [-0.39, 0.29) is 0 Å². The van der Waals surface area contributed by atoms with Crippen LogP contribution in [0.4, 0.5) is 0 Å². The minimum Gasteiger partial charge on any atom is -0.330 e. The van der Waals surface area contributed by atoms with Gasteiger partial charge in [-0.25, -0.2) is 0 Å². The van der Waals surface area contributed by atoms with Crippen LogP contribution in [0.25, 0.3) is 9.69 Å². The Labute approximate surface area is 72.0 Å². The van der Waals surface area contributed by atoms with E-state index in [0.29, 0.717) is 13.0 Å². The Kier molecular flexibility index (Phi) is 5.60. The third kappa shape index (κ3) is 3.70. The first-order chi connectivity index (χ1) is 5.76. The molecular formula is C8H13N3O+2. The van der Waals surface area contributed by atoms with Crippen molar-refractivity contribution in [2.24, 2.45) is 5.73 Å². The van der Waals surface area contributed by atoms with Crippen molar-refractivity contribution in [3.05, 3.63) is 9.69 Å². The largest absolute Gasteiger partial charge is 0.602 e. The van der Waals surface area contributed by atoms with E-state index in [2.05, 4.69) is 9.69 Å². The van der Waals surface area contributed by atoms with E-state index in [0.717, 1.165) is 12.8 Å². The van der Waals surface area contributed by atoms with Crippen LogP contribution in [-0.4, -0.2) is 18.5 Å². The number of carbonyl (C=O) groups excluding carboxylic acids is 1. The lowest BCUT2D eigenvalue weighted by Gasteiger charge is -1.91. The van der Waals surface area contributed by atoms with Crippen LogP contribution in [0.2, 0.25) is 0 Å². The molecule has 12 heavy (non-hydrogen) atoms. The van der Waals surface area contributed by atoms with E-state index in [9.17, 15) is 4.79 Å². The maximum Gasteiger partial charge on any atom is 0.602 e. The summed E-state index contributed by atoms with van der Waals surface area (Å²) in [6.45, 7) is 10.4. The van der Waals surface area contributed by atoms with Gasteiger partial charge in [0, 0.05) is 11.3 Å². The molecule has 4 nitrogen and oxygen atoms in total. The number of carbonyl (C=O) groups is 1. The van der Waals surface area contributed by atoms with Crippen LogP contribution >= 0.6 is 0 Å². The molecular weight excluding hydrogens is 154 g/mol. The van der Waals surface area contributed by atoms with E-state index in [1.54, 1.807) is 0 Å². The van der Waals surface area contributed by atoms with Gasteiger partial charge in [0.05, 0.1) is 0 Å². The standard InChI is InChI=1S/C8H13N3O/c1-10-7(8(12)11-2)5-3-4-6-9/h1-2,7H,3-6,9H2/q+2/t7-/m0/s1. The van der Waals surface area contributed by atoms with Crippen molar-refractivity contribution in [3.8, 4) is 13.1 Å². The summed E-state index contributed by atoms with van der Waals surface area (Å²) in [7, 11) is 0. The molecule has 0 saturated heterocycles. The number of nitrogens with zero attached hydrogens (tertiary/aromatic N) is 2. The lowest BCUT2D eigenvalue weighted by molar-refractivity contribution is -0.115. The second-order valence-electron chi connectivity index (χ2n) is 2.42. The van der Waals surface area contributed by atoms with E-state index in [1.165, 1.54) is 0 Å². The van der Waals surface area contributed by atoms with Crippen LogP contribution in [0.15, 0.2) is 0 Å². The Balaban J connectivity index is 3.80. The molecule has 0 aromatic heterocycles. The third-order valence-electron chi connectivity index (χ3n) is 1.52. The number of unbranched alkanes of at least 4 members (excludes halogenated alkanes) is 1. The average molecular weight is 167 g/mol. The fourth-order valence-corrected chi connectivity index (χ4v) is 0.830. The van der Waals surface area contributed by atoms with Gasteiger partial charge in [-0.15, -0.1) is 0 Å². The van der Waals surface area contributed by atoms with Gasteiger partial charge in [-0.2, -0.15) is 4.79 Å². The van der Waals surface area contributed by atoms with Crippen LogP contribution in [-0.2, 0) is 4.79 Å². The zero-order valence-corrected chi connectivity index (χ0v) is 6.94. The minimum atomic E-state index is -0.596. The normalized spacial score (nSPS) is 11.2. The molecule has 0 bridgehead atoms. The van der Waals surface area contributed by atoms with Crippen LogP contribution in [0.3, 0.4) is 0 Å². The Morgan fingerprint density at radius 1 is 1.42 bits per heavy atom. The second-order valence-corrected chi connectivity index (χ2v) is 2.42. The molecule has 0 heterocycles. The predicted octanol–water partition coefficient (Wildman–Crippen LogP) is 0.936. The summed E-state index contributed by atoms with van der Waals surface area (Å²) >= 11 is 0. The smallest absolute Gasteiger partial charge is 0.330 e. The van der Waals surface area contributed by atoms with Crippen LogP contribution < -0.4 is 5.73 Å². The number of nitrogens with two attached hydrogens (primary N) is 1. The van der Waals surface area contributed by atoms with E-state index in [1.807, 2.05) is 0 Å². The van der Waals surface area contributed by atoms with Gasteiger partial charge in [0.2, 0.25) is 0 Å². The van der Waals surface area contributed by atoms with Gasteiger partial charge in [0.1, 0.15) is 0 Å². The fraction of sp³-hybridized carbons (Fsp3) is 0.625. The first-order valence-electron chi connectivity index (χ1n) is 3.81. The zero-order chi connectivity index (χ0) is 9.40. The molecule has 0 saturated carbocycles. The summed E-state index contributed by atoms with van der Waals surface area (Å²) < 4.78 is 0. The van der Waals surface area contributed by atoms with E-state index < -0.39 is 11.9 Å². The van der Waals surface area contributed by atoms with Crippen LogP contribution in [0.5, 0.6) is 0 Å². The Hall–Kier alpha value is -1.39. The molecule has 1 amide bonds. The molecule has 0 unspecified atom stereocenters. The predicted molar refractivity (Wildman–Crippen MR) is 48.3 cm³/mol. The lowest BCUT2D eigenvalue weighted by atomic mass is 10.1. The Morgan fingerprint density at radius 3 is 2.50 bits per heavy atom. The highest BCUT2D eigenvalue weighted by Gasteiger charge is 2.35. The number of rotatable bonds is 5. The SMILES string of the molecule is C#[N+]C(=O)[C@H](CCCCN)[N+]#C. The van der Waals surface area contributed by atoms with Crippen LogP contribution in [0.1, 0.15) is 19.3 Å². The molecule has 0 spiro atoms. The second kappa shape index (κ2) is 6.33. The van der Waals surface area contributed by atoms with Gasteiger partial charge in [-0.1, -0.05) is 4.85 Å². The van der Waals surface area contributed by atoms with Crippen molar-refractivity contribution in [1.29, 1.82) is 0 Å². The first kappa shape index (κ1) is 10.6. The fourth-order valence-electron chi connectivity index (χ4n) is 0.830. The van der Waals surface area contributed by atoms with Gasteiger partial charge in [-0.05, 0) is 19.4 Å². The van der Waals surface area contributed by atoms with Gasteiger partial charge in [0.25, 0.3) is 13.1 Å². The van der Waals surface area contributed by atoms with E-state index >= 15 is 0 Å². The highest BCUT2D eigenvalue weighted by Crippen LogP contribution is 2.05. The molecule has 0 aliphatic carbocycles. The van der Waals surface area contributed by atoms with Gasteiger partial charge < -0.3 is 5.73 Å². The topological polar surface area (TPSA) is 51.8 Å². The summed E-state index contributed by atoms with van der Waals surface area (Å²) in [5, 5.41) is 0. The first-order valence-corrected chi connectivity index (χ1v) is 3.81. The van der Waals surface area contributed by atoms with Crippen molar-refractivity contribution in [2.75, 3.05) is 6.54 Å². The molecule has 4 heteroatoms. The molecule has 0 aliphatic rings. The lowest BCUT2D eigenvalue weighted by Crippen LogP contribution is -2.13. The molecule has 0 rings (SSSR count). The summed E-state index contributed by atoms with van der Waals surface area (Å²) in [4.78, 5) is 17.2. The molecule has 64 valence electrons. The summed E-state index contributed by atoms with van der Waals surface area (Å²) in [6.07, 6.45) is 2.22. The quantitative estimate of drug-likeness (QED) is 0.619. The highest BCUT2D eigenvalue weighted by molar-refractivity contribution is 5.92. The van der Waals surface area contributed by atoms with E-state index in [4.69, 9.17) is 18.9 Å². The maximum atomic E-state index is 10.8. The van der Waals surface area contributed by atoms with Crippen molar-refractivity contribution < 1.29 is 4.79 Å². The Morgan fingerprint density at radius 2 is 2.08 bits per heavy atom. The highest BCUT2D eigenvalue weighted by atomic mass is 16.1. The van der Waals surface area contributed by atoms with Crippen LogP contribution in [0, 0.1) is 13.1 Å². The number of hydrogen-bond acceptors (Lipinski definition) is 2. The summed E-state index contributed by atoms with van der Waals surface area (Å²) in [5.74, 6) is -0.477. The minimum absolute atomic E-state index is 0.477. The zero-order valence-electron chi connectivity index (χ0n) is 6.94. The maximum absolute atomic E-state index is 10.8. The third-order valence-corrected chi connectivity index (χ3v) is 1.52. The molecule has 1 atom stereocenters. The van der Waals surface area contributed by atoms with Crippen molar-refractivity contribution >= 4 is 5.91 Å². The van der Waals surface area contributed by atoms with Crippen molar-refractivity contribution in [1.82, 2.24) is 0 Å². The van der Waals surface area contributed by atoms with Crippen molar-refractivity contribution in [3.63, 3.8) is 0 Å². The molecule has 2 N–H and O–H groups in total. The van der Waals surface area contributed by atoms with Gasteiger partial charge in [-0.3, -0.25) is 0 Å². The summed E-state index contributed by atoms with van der Waals surface area (Å²) in [6, 6.07) is -0.596. The molecule has 0 radical (unpaired) electrons. The van der Waals surface area contributed by atoms with Gasteiger partial charge in [0.15, 0.2) is 0 Å². The monoisotopic (exact) mass is 167 g/mol. The average Bonchev–Trinajstić information content (AvgIpc) is 2.11. The van der Waals surface area contributed by atoms with Crippen molar-refractivity contribution in [2.45, 2.75) is 25.3 Å². The molecule has 0 aromatic rings. The summed E-state index contributed by atoms with van der Waals surface area (Å²) in [5.41, 5.74) is 5.27.